The predicted octanol–water partition coefficient (Wildman–Crippen LogP) is 4.63. The van der Waals surface area contributed by atoms with Gasteiger partial charge in [-0.05, 0) is 56.5 Å². The first kappa shape index (κ1) is 14.3. The molecule has 0 aromatic rings. The summed E-state index contributed by atoms with van der Waals surface area (Å²) in [5, 5.41) is 11.2. The zero-order chi connectivity index (χ0) is 23.2. The average molecular weight is 349 g/mol. The molecule has 0 aromatic carbocycles. The van der Waals surface area contributed by atoms with E-state index in [1.807, 2.05) is 26.8 Å². The lowest BCUT2D eigenvalue weighted by molar-refractivity contribution is -0.116. The van der Waals surface area contributed by atoms with Crippen molar-refractivity contribution < 1.29 is 16.8 Å². The molecule has 1 rings (SSSR count). The Morgan fingerprint density at radius 2 is 2.12 bits per heavy atom. The van der Waals surface area contributed by atoms with Crippen molar-refractivity contribution in [1.29, 1.82) is 0 Å². The molecule has 0 heterocycles. The summed E-state index contributed by atoms with van der Waals surface area (Å²) < 4.78 is 40.0. The topological polar surface area (TPSA) is 49.3 Å². The van der Waals surface area contributed by atoms with E-state index in [1.165, 1.54) is 6.08 Å². The molecular weight excluding hydrogens is 310 g/mol. The summed E-state index contributed by atoms with van der Waals surface area (Å²) in [6, 6.07) is 0. The molecule has 2 N–H and O–H groups in total. The van der Waals surface area contributed by atoms with Gasteiger partial charge < -0.3 is 10.4 Å². The molecule has 1 aliphatic rings. The summed E-state index contributed by atoms with van der Waals surface area (Å²) in [6.07, 6.45) is 9.26. The summed E-state index contributed by atoms with van der Waals surface area (Å²) in [4.78, 5) is 11.6. The van der Waals surface area contributed by atoms with Gasteiger partial charge in [0.25, 0.3) is 0 Å². The van der Waals surface area contributed by atoms with Crippen LogP contribution in [-0.2, 0) is 4.79 Å². The van der Waals surface area contributed by atoms with Gasteiger partial charge in [0.1, 0.15) is 0 Å². The Labute approximate surface area is 159 Å². The number of rotatable bonds is 7. The van der Waals surface area contributed by atoms with E-state index in [0.717, 1.165) is 11.1 Å². The van der Waals surface area contributed by atoms with Gasteiger partial charge >= 0.3 is 0 Å². The lowest BCUT2D eigenvalue weighted by Gasteiger charge is -2.32. The molecule has 0 aliphatic heterocycles. The molecule has 1 amide bonds. The minimum absolute atomic E-state index is 0.0986. The highest BCUT2D eigenvalue weighted by molar-refractivity contribution is 5.88. The Balaban J connectivity index is 3.08. The number of aliphatic hydroxyl groups excluding tert-OH is 1. The molecule has 0 atom stereocenters. The average Bonchev–Trinajstić information content (AvgIpc) is 2.59. The largest absolute Gasteiger partial charge is 0.395 e. The molecule has 138 valence electrons. The number of amides is 1. The summed E-state index contributed by atoms with van der Waals surface area (Å²) in [7, 11) is 0. The van der Waals surface area contributed by atoms with Crippen molar-refractivity contribution in [2.24, 2.45) is 5.41 Å². The highest BCUT2D eigenvalue weighted by Gasteiger charge is 2.26. The maximum atomic E-state index is 11.6. The fraction of sp³-hybridized carbons (Fsp3) is 0.500. The molecule has 25 heavy (non-hydrogen) atoms. The zero-order valence-corrected chi connectivity index (χ0v) is 15.6. The van der Waals surface area contributed by atoms with Crippen LogP contribution >= 0.6 is 0 Å². The Bertz CT molecular complexity index is 784. The van der Waals surface area contributed by atoms with Crippen LogP contribution in [0.4, 0.5) is 0 Å². The Morgan fingerprint density at radius 3 is 2.80 bits per heavy atom. The first-order chi connectivity index (χ1) is 13.7. The minimum atomic E-state index is -2.49. The van der Waals surface area contributed by atoms with Crippen molar-refractivity contribution in [3.63, 3.8) is 0 Å². The van der Waals surface area contributed by atoms with Gasteiger partial charge in [0.05, 0.1) is 6.61 Å². The van der Waals surface area contributed by atoms with Gasteiger partial charge in [-0.3, -0.25) is 4.79 Å². The van der Waals surface area contributed by atoms with Gasteiger partial charge in [0.2, 0.25) is 5.91 Å². The maximum absolute atomic E-state index is 11.6. The van der Waals surface area contributed by atoms with E-state index in [9.17, 15) is 4.79 Å². The van der Waals surface area contributed by atoms with E-state index >= 15 is 0 Å². The van der Waals surface area contributed by atoms with Crippen LogP contribution in [-0.4, -0.2) is 24.2 Å². The van der Waals surface area contributed by atoms with E-state index in [4.69, 9.17) is 12.0 Å². The fourth-order valence-corrected chi connectivity index (χ4v) is 2.48. The molecular formula is C22H33NO2. The van der Waals surface area contributed by atoms with Gasteiger partial charge in [0.15, 0.2) is 0 Å². The highest BCUT2D eigenvalue weighted by atomic mass is 16.3. The fourth-order valence-electron chi connectivity index (χ4n) is 2.48. The van der Waals surface area contributed by atoms with Crippen LogP contribution in [0.1, 0.15) is 60.6 Å². The Morgan fingerprint density at radius 1 is 1.36 bits per heavy atom. The van der Waals surface area contributed by atoms with Crippen molar-refractivity contribution in [1.82, 2.24) is 5.32 Å². The maximum Gasteiger partial charge on any atom is 0.244 e. The van der Waals surface area contributed by atoms with Crippen molar-refractivity contribution in [2.45, 2.75) is 53.8 Å². The Kier molecular flexibility index (Phi) is 5.84. The van der Waals surface area contributed by atoms with Gasteiger partial charge in [0, 0.05) is 19.5 Å². The lowest BCUT2D eigenvalue weighted by Crippen LogP contribution is -2.24. The molecule has 0 spiro atoms. The van der Waals surface area contributed by atoms with E-state index in [-0.39, 0.29) is 31.1 Å². The summed E-state index contributed by atoms with van der Waals surface area (Å²) in [5.74, 6) is -0.273. The Hall–Kier alpha value is -1.87. The van der Waals surface area contributed by atoms with E-state index < -0.39 is 18.6 Å². The number of allylic oxidation sites excluding steroid dienone is 9. The molecule has 0 aromatic heterocycles. The third-order valence-corrected chi connectivity index (χ3v) is 4.05. The van der Waals surface area contributed by atoms with E-state index in [1.54, 1.807) is 31.2 Å². The van der Waals surface area contributed by atoms with Crippen LogP contribution in [0, 0.1) is 5.41 Å². The van der Waals surface area contributed by atoms with Crippen molar-refractivity contribution >= 4 is 5.91 Å². The number of carbonyl (C=O) groups is 1. The van der Waals surface area contributed by atoms with Crippen molar-refractivity contribution in [3.8, 4) is 0 Å². The van der Waals surface area contributed by atoms with Gasteiger partial charge in [-0.1, -0.05) is 55.4 Å². The van der Waals surface area contributed by atoms with E-state index in [2.05, 4.69) is 5.32 Å². The third-order valence-electron chi connectivity index (χ3n) is 4.05. The second-order valence-electron chi connectivity index (χ2n) is 6.86. The van der Waals surface area contributed by atoms with Crippen LogP contribution in [0.3, 0.4) is 0 Å². The van der Waals surface area contributed by atoms with Crippen LogP contribution in [0.25, 0.3) is 0 Å². The summed E-state index contributed by atoms with van der Waals surface area (Å²) >= 11 is 0. The zero-order valence-electron chi connectivity index (χ0n) is 20.6. The highest BCUT2D eigenvalue weighted by Crippen LogP contribution is 2.40. The SMILES string of the molecule is [2H]C([2H])([2H])C1=C(C=CC(C)=CC=CC(C)=CC(=O)NCCO)C(C)(C)CCC1([2H])[2H]. The second kappa shape index (κ2) is 10.2. The minimum Gasteiger partial charge on any atom is -0.395 e. The molecule has 3 nitrogen and oxygen atoms in total. The quantitative estimate of drug-likeness (QED) is 0.521. The predicted molar refractivity (Wildman–Crippen MR) is 106 cm³/mol. The molecule has 3 heteroatoms. The number of carbonyl (C=O) groups excluding carboxylic acids is 1. The van der Waals surface area contributed by atoms with Crippen LogP contribution in [0.2, 0.25) is 0 Å². The van der Waals surface area contributed by atoms with Crippen LogP contribution < -0.4 is 5.32 Å². The number of hydrogen-bond acceptors (Lipinski definition) is 2. The molecule has 0 unspecified atom stereocenters. The molecule has 0 fully saturated rings. The number of hydrogen-bond donors (Lipinski definition) is 2. The number of aliphatic hydroxyl groups is 1. The number of nitrogens with one attached hydrogen (secondary N) is 1. The van der Waals surface area contributed by atoms with Crippen LogP contribution in [0.15, 0.2) is 58.7 Å². The molecule has 0 radical (unpaired) electrons. The summed E-state index contributed by atoms with van der Waals surface area (Å²) in [6.45, 7) is 5.16. The van der Waals surface area contributed by atoms with Crippen molar-refractivity contribution in [3.05, 3.63) is 58.7 Å². The van der Waals surface area contributed by atoms with E-state index in [0.29, 0.717) is 12.0 Å². The second-order valence-corrected chi connectivity index (χ2v) is 6.86. The lowest BCUT2D eigenvalue weighted by atomic mass is 9.72. The monoisotopic (exact) mass is 348 g/mol. The molecule has 0 saturated carbocycles. The first-order valence-electron chi connectivity index (χ1n) is 11.1. The first-order valence-corrected chi connectivity index (χ1v) is 8.56. The van der Waals surface area contributed by atoms with Gasteiger partial charge in [-0.2, -0.15) is 0 Å². The van der Waals surface area contributed by atoms with Gasteiger partial charge in [-0.15, -0.1) is 0 Å². The summed E-state index contributed by atoms with van der Waals surface area (Å²) in [5.41, 5.74) is 1.62. The van der Waals surface area contributed by atoms with Gasteiger partial charge in [-0.25, -0.2) is 0 Å². The molecule has 0 saturated heterocycles. The van der Waals surface area contributed by atoms with Crippen molar-refractivity contribution in [2.75, 3.05) is 13.2 Å². The van der Waals surface area contributed by atoms with Crippen LogP contribution in [0.5, 0.6) is 0 Å². The molecule has 1 aliphatic carbocycles. The standard InChI is InChI=1S/C22H33NO2/c1-17(8-6-9-18(2)16-21(25)23-14-15-24)11-12-20-19(3)10-7-13-22(20,4)5/h6,8-9,11-12,16,24H,7,10,13-15H2,1-5H3,(H,23,25)/i3D3,10D2. The normalized spacial score (nSPS) is 24.6. The third kappa shape index (κ3) is 7.70. The smallest absolute Gasteiger partial charge is 0.244 e. The molecule has 0 bridgehead atoms.